The summed E-state index contributed by atoms with van der Waals surface area (Å²) in [7, 11) is 0. The van der Waals surface area contributed by atoms with Gasteiger partial charge in [-0.15, -0.1) is 11.3 Å². The highest BCUT2D eigenvalue weighted by molar-refractivity contribution is 7.07. The van der Waals surface area contributed by atoms with E-state index in [2.05, 4.69) is 10.3 Å². The number of hydrogen-bond acceptors (Lipinski definition) is 5. The number of aromatic nitrogens is 1. The van der Waals surface area contributed by atoms with Crippen LogP contribution >= 0.6 is 11.3 Å². The highest BCUT2D eigenvalue weighted by Crippen LogP contribution is 2.21. The minimum absolute atomic E-state index is 0.0447. The van der Waals surface area contributed by atoms with Gasteiger partial charge in [0.1, 0.15) is 5.82 Å². The maximum atomic E-state index is 13.4. The lowest BCUT2D eigenvalue weighted by molar-refractivity contribution is -0.387. The molecule has 2 aromatic rings. The third-order valence-electron chi connectivity index (χ3n) is 2.42. The Morgan fingerprint density at radius 1 is 1.32 bits per heavy atom. The molecule has 0 spiro atoms. The molecule has 0 saturated carbocycles. The fraction of sp³-hybridized carbons (Fsp3) is 0.182. The summed E-state index contributed by atoms with van der Waals surface area (Å²) in [6, 6.07) is 1.43. The zero-order chi connectivity index (χ0) is 13.8. The van der Waals surface area contributed by atoms with Gasteiger partial charge in [-0.25, -0.2) is 9.37 Å². The molecule has 0 atom stereocenters. The quantitative estimate of drug-likeness (QED) is 0.677. The molecule has 0 aliphatic heterocycles. The highest BCUT2D eigenvalue weighted by atomic mass is 32.1. The van der Waals surface area contributed by atoms with Crippen LogP contribution in [0.25, 0.3) is 0 Å². The molecular weight excluding hydrogens is 276 g/mol. The second-order valence-corrected chi connectivity index (χ2v) is 4.45. The van der Waals surface area contributed by atoms with Crippen molar-refractivity contribution in [3.05, 3.63) is 56.0 Å². The monoisotopic (exact) mass is 285 g/mol. The number of nitrogens with zero attached hydrogens (tertiary/aromatic N) is 2. The average molecular weight is 285 g/mol. The molecule has 0 fully saturated rings. The van der Waals surface area contributed by atoms with Crippen molar-refractivity contribution in [3.63, 3.8) is 0 Å². The molecule has 1 N–H and O–H groups in total. The first-order chi connectivity index (χ1) is 9.08. The molecule has 0 radical (unpaired) electrons. The smallest absolute Gasteiger partial charge is 0.305 e. The standard InChI is InChI=1S/C11H9F2N3O2S/c12-9-2-10(13)11(16(17)18)1-7(9)3-14-4-8-5-19-6-15-8/h1-2,5-6,14H,3-4H2. The van der Waals surface area contributed by atoms with E-state index < -0.39 is 22.2 Å². The first kappa shape index (κ1) is 13.5. The minimum Gasteiger partial charge on any atom is -0.307 e. The predicted molar refractivity (Wildman–Crippen MR) is 65.7 cm³/mol. The molecule has 1 aromatic carbocycles. The van der Waals surface area contributed by atoms with Gasteiger partial charge >= 0.3 is 5.69 Å². The molecule has 19 heavy (non-hydrogen) atoms. The van der Waals surface area contributed by atoms with E-state index in [9.17, 15) is 18.9 Å². The molecular formula is C11H9F2N3O2S. The lowest BCUT2D eigenvalue weighted by Gasteiger charge is -2.05. The minimum atomic E-state index is -1.18. The molecule has 0 unspecified atom stereocenters. The Balaban J connectivity index is 2.07. The lowest BCUT2D eigenvalue weighted by Crippen LogP contribution is -2.14. The fourth-order valence-corrected chi connectivity index (χ4v) is 2.06. The third kappa shape index (κ3) is 3.30. The van der Waals surface area contributed by atoms with E-state index in [0.29, 0.717) is 12.6 Å². The molecule has 1 heterocycles. The van der Waals surface area contributed by atoms with Gasteiger partial charge in [0.2, 0.25) is 5.82 Å². The third-order valence-corrected chi connectivity index (χ3v) is 3.05. The van der Waals surface area contributed by atoms with Crippen LogP contribution in [-0.2, 0) is 13.1 Å². The van der Waals surface area contributed by atoms with E-state index in [0.717, 1.165) is 11.8 Å². The number of nitro groups is 1. The summed E-state index contributed by atoms with van der Waals surface area (Å²) >= 11 is 1.43. The number of hydrogen-bond donors (Lipinski definition) is 1. The Labute approximate surface area is 111 Å². The van der Waals surface area contributed by atoms with Crippen LogP contribution in [0.15, 0.2) is 23.0 Å². The Kier molecular flexibility index (Phi) is 4.13. The SMILES string of the molecule is O=[N+]([O-])c1cc(CNCc2cscn2)c(F)cc1F. The Morgan fingerprint density at radius 2 is 2.11 bits per heavy atom. The van der Waals surface area contributed by atoms with E-state index in [1.165, 1.54) is 11.3 Å². The van der Waals surface area contributed by atoms with Crippen LogP contribution in [0.5, 0.6) is 0 Å². The van der Waals surface area contributed by atoms with E-state index in [1.807, 2.05) is 5.38 Å². The zero-order valence-corrected chi connectivity index (χ0v) is 10.4. The molecule has 8 heteroatoms. The average Bonchev–Trinajstić information content (AvgIpc) is 2.84. The van der Waals surface area contributed by atoms with Crippen molar-refractivity contribution >= 4 is 17.0 Å². The molecule has 1 aromatic heterocycles. The van der Waals surface area contributed by atoms with Gasteiger partial charge in [0.05, 0.1) is 16.1 Å². The van der Waals surface area contributed by atoms with E-state index in [4.69, 9.17) is 0 Å². The van der Waals surface area contributed by atoms with Gasteiger partial charge in [0.25, 0.3) is 0 Å². The van der Waals surface area contributed by atoms with Crippen LogP contribution in [0.1, 0.15) is 11.3 Å². The topological polar surface area (TPSA) is 68.1 Å². The number of nitrogens with one attached hydrogen (secondary N) is 1. The summed E-state index contributed by atoms with van der Waals surface area (Å²) in [5.41, 5.74) is 1.78. The van der Waals surface area contributed by atoms with Gasteiger partial charge in [-0.2, -0.15) is 4.39 Å². The molecule has 2 rings (SSSR count). The van der Waals surface area contributed by atoms with Crippen molar-refractivity contribution in [2.75, 3.05) is 0 Å². The molecule has 100 valence electrons. The largest absolute Gasteiger partial charge is 0.307 e. The Hall–Kier alpha value is -1.93. The molecule has 5 nitrogen and oxygen atoms in total. The van der Waals surface area contributed by atoms with Gasteiger partial charge in [0, 0.05) is 36.2 Å². The number of nitro benzene ring substituents is 1. The number of thiazole rings is 1. The summed E-state index contributed by atoms with van der Waals surface area (Å²) in [4.78, 5) is 13.7. The summed E-state index contributed by atoms with van der Waals surface area (Å²) in [5, 5.41) is 15.3. The van der Waals surface area contributed by atoms with Crippen LogP contribution < -0.4 is 5.32 Å². The van der Waals surface area contributed by atoms with Crippen molar-refractivity contribution in [2.24, 2.45) is 0 Å². The van der Waals surface area contributed by atoms with Crippen LogP contribution in [0.3, 0.4) is 0 Å². The maximum absolute atomic E-state index is 13.4. The van der Waals surface area contributed by atoms with Gasteiger partial charge in [-0.3, -0.25) is 10.1 Å². The van der Waals surface area contributed by atoms with E-state index in [1.54, 1.807) is 5.51 Å². The first-order valence-corrected chi connectivity index (χ1v) is 6.22. The molecule has 0 aliphatic carbocycles. The van der Waals surface area contributed by atoms with Crippen LogP contribution in [0.4, 0.5) is 14.5 Å². The number of rotatable bonds is 5. The van der Waals surface area contributed by atoms with Crippen molar-refractivity contribution in [1.82, 2.24) is 10.3 Å². The summed E-state index contributed by atoms with van der Waals surface area (Å²) in [5.74, 6) is -1.99. The zero-order valence-electron chi connectivity index (χ0n) is 9.60. The van der Waals surface area contributed by atoms with Crippen LogP contribution in [0, 0.1) is 21.7 Å². The Bertz CT molecular complexity index is 590. The summed E-state index contributed by atoms with van der Waals surface area (Å²) in [6.45, 7) is 0.471. The predicted octanol–water partition coefficient (Wildman–Crippen LogP) is 2.62. The second kappa shape index (κ2) is 5.81. The van der Waals surface area contributed by atoms with Crippen LogP contribution in [-0.4, -0.2) is 9.91 Å². The van der Waals surface area contributed by atoms with Gasteiger partial charge in [-0.1, -0.05) is 0 Å². The first-order valence-electron chi connectivity index (χ1n) is 5.28. The second-order valence-electron chi connectivity index (χ2n) is 3.74. The molecule has 0 saturated heterocycles. The number of halogens is 2. The fourth-order valence-electron chi connectivity index (χ4n) is 1.51. The number of benzene rings is 1. The highest BCUT2D eigenvalue weighted by Gasteiger charge is 2.18. The lowest BCUT2D eigenvalue weighted by atomic mass is 10.1. The maximum Gasteiger partial charge on any atom is 0.305 e. The summed E-state index contributed by atoms with van der Waals surface area (Å²) in [6.07, 6.45) is 0. The normalized spacial score (nSPS) is 10.6. The molecule has 0 bridgehead atoms. The molecule has 0 aliphatic rings. The van der Waals surface area contributed by atoms with Crippen molar-refractivity contribution in [2.45, 2.75) is 13.1 Å². The molecule has 0 amide bonds. The van der Waals surface area contributed by atoms with Crippen molar-refractivity contribution < 1.29 is 13.7 Å². The van der Waals surface area contributed by atoms with Crippen LogP contribution in [0.2, 0.25) is 0 Å². The van der Waals surface area contributed by atoms with E-state index in [-0.39, 0.29) is 12.1 Å². The van der Waals surface area contributed by atoms with Gasteiger partial charge in [-0.05, 0) is 0 Å². The van der Waals surface area contributed by atoms with E-state index >= 15 is 0 Å². The van der Waals surface area contributed by atoms with Gasteiger partial charge in [0.15, 0.2) is 0 Å². The summed E-state index contributed by atoms with van der Waals surface area (Å²) < 4.78 is 26.6. The van der Waals surface area contributed by atoms with Crippen molar-refractivity contribution in [3.8, 4) is 0 Å². The van der Waals surface area contributed by atoms with Gasteiger partial charge < -0.3 is 5.32 Å². The Morgan fingerprint density at radius 3 is 2.74 bits per heavy atom. The van der Waals surface area contributed by atoms with Crippen molar-refractivity contribution in [1.29, 1.82) is 0 Å².